The van der Waals surface area contributed by atoms with Gasteiger partial charge in [0.2, 0.25) is 5.91 Å². The van der Waals surface area contributed by atoms with Gasteiger partial charge in [-0.1, -0.05) is 42.8 Å². The lowest BCUT2D eigenvalue weighted by Crippen LogP contribution is -2.40. The van der Waals surface area contributed by atoms with Gasteiger partial charge in [-0.15, -0.1) is 0 Å². The second kappa shape index (κ2) is 10.3. The highest BCUT2D eigenvalue weighted by Gasteiger charge is 2.19. The van der Waals surface area contributed by atoms with E-state index in [0.717, 1.165) is 11.1 Å². The summed E-state index contributed by atoms with van der Waals surface area (Å²) >= 11 is 0. The average molecular weight is 382 g/mol. The molecule has 0 heterocycles. The third kappa shape index (κ3) is 6.23. The molecular weight excluding hydrogens is 356 g/mol. The molecule has 148 valence electrons. The van der Waals surface area contributed by atoms with Crippen LogP contribution in [0, 0.1) is 13.8 Å². The fourth-order valence-electron chi connectivity index (χ4n) is 2.63. The normalized spacial score (nSPS) is 10.2. The molecule has 6 heteroatoms. The van der Waals surface area contributed by atoms with Crippen LogP contribution in [0.2, 0.25) is 0 Å². The van der Waals surface area contributed by atoms with Crippen molar-refractivity contribution >= 4 is 23.5 Å². The largest absolute Gasteiger partial charge is 0.452 e. The van der Waals surface area contributed by atoms with E-state index in [9.17, 15) is 14.4 Å². The van der Waals surface area contributed by atoms with Crippen LogP contribution in [0.25, 0.3) is 0 Å². The molecule has 0 fully saturated rings. The second-order valence-corrected chi connectivity index (χ2v) is 6.62. The van der Waals surface area contributed by atoms with Gasteiger partial charge in [0.05, 0.1) is 12.1 Å². The molecule has 2 aromatic rings. The van der Waals surface area contributed by atoms with E-state index in [1.54, 1.807) is 24.3 Å². The van der Waals surface area contributed by atoms with Gasteiger partial charge in [-0.3, -0.25) is 9.59 Å². The lowest BCUT2D eigenvalue weighted by atomic mass is 10.1. The number of anilines is 1. The van der Waals surface area contributed by atoms with Gasteiger partial charge in [-0.05, 0) is 44.0 Å². The fourth-order valence-corrected chi connectivity index (χ4v) is 2.63. The van der Waals surface area contributed by atoms with Crippen molar-refractivity contribution in [2.24, 2.45) is 0 Å². The van der Waals surface area contributed by atoms with Gasteiger partial charge in [-0.2, -0.15) is 0 Å². The number of carbonyl (C=O) groups excluding carboxylic acids is 3. The summed E-state index contributed by atoms with van der Waals surface area (Å²) < 4.78 is 5.11. The summed E-state index contributed by atoms with van der Waals surface area (Å²) in [7, 11) is 0. The van der Waals surface area contributed by atoms with Crippen molar-refractivity contribution < 1.29 is 19.1 Å². The number of para-hydroxylation sites is 1. The molecule has 0 aliphatic rings. The molecule has 0 aliphatic carbocycles. The van der Waals surface area contributed by atoms with Gasteiger partial charge in [0.25, 0.3) is 5.91 Å². The predicted octanol–water partition coefficient (Wildman–Crippen LogP) is 3.34. The van der Waals surface area contributed by atoms with E-state index >= 15 is 0 Å². The maximum Gasteiger partial charge on any atom is 0.338 e. The molecule has 0 atom stereocenters. The van der Waals surface area contributed by atoms with Crippen molar-refractivity contribution in [3.63, 3.8) is 0 Å². The lowest BCUT2D eigenvalue weighted by molar-refractivity contribution is -0.137. The molecule has 0 saturated carbocycles. The van der Waals surface area contributed by atoms with E-state index < -0.39 is 18.5 Å². The van der Waals surface area contributed by atoms with Crippen LogP contribution in [0.5, 0.6) is 0 Å². The maximum absolute atomic E-state index is 12.4. The Labute approximate surface area is 165 Å². The summed E-state index contributed by atoms with van der Waals surface area (Å²) in [5, 5.41) is 2.81. The van der Waals surface area contributed by atoms with Crippen LogP contribution in [0.15, 0.2) is 48.5 Å². The molecular formula is C22H26N2O4. The molecule has 2 aromatic carbocycles. The van der Waals surface area contributed by atoms with Crippen LogP contribution in [-0.4, -0.2) is 42.4 Å². The number of carbonyl (C=O) groups is 3. The number of aryl methyl sites for hydroxylation is 2. The van der Waals surface area contributed by atoms with Gasteiger partial charge >= 0.3 is 5.97 Å². The second-order valence-electron chi connectivity index (χ2n) is 6.62. The zero-order chi connectivity index (χ0) is 20.5. The quantitative estimate of drug-likeness (QED) is 0.711. The molecule has 0 radical (unpaired) electrons. The Morgan fingerprint density at radius 1 is 1.00 bits per heavy atom. The average Bonchev–Trinajstić information content (AvgIpc) is 2.68. The standard InChI is InChI=1S/C22H26N2O4/c1-4-13-24(14-20(25)23-19-8-6-5-7-17(19)3)21(26)15-28-22(27)18-11-9-16(2)10-12-18/h5-12H,4,13-15H2,1-3H3,(H,23,25). The molecule has 0 aliphatic heterocycles. The first kappa shape index (κ1) is 21.2. The van der Waals surface area contributed by atoms with Crippen LogP contribution < -0.4 is 5.32 Å². The first-order valence-electron chi connectivity index (χ1n) is 9.27. The Kier molecular flexibility index (Phi) is 7.75. The number of hydrogen-bond acceptors (Lipinski definition) is 4. The monoisotopic (exact) mass is 382 g/mol. The van der Waals surface area contributed by atoms with Crippen LogP contribution in [0.4, 0.5) is 5.69 Å². The van der Waals surface area contributed by atoms with Crippen molar-refractivity contribution in [2.75, 3.05) is 25.0 Å². The van der Waals surface area contributed by atoms with Crippen LogP contribution in [-0.2, 0) is 14.3 Å². The highest BCUT2D eigenvalue weighted by Crippen LogP contribution is 2.13. The SMILES string of the molecule is CCCN(CC(=O)Nc1ccccc1C)C(=O)COC(=O)c1ccc(C)cc1. The topological polar surface area (TPSA) is 75.7 Å². The Morgan fingerprint density at radius 2 is 1.68 bits per heavy atom. The Morgan fingerprint density at radius 3 is 2.32 bits per heavy atom. The summed E-state index contributed by atoms with van der Waals surface area (Å²) in [6.07, 6.45) is 0.690. The van der Waals surface area contributed by atoms with E-state index in [1.807, 2.05) is 45.0 Å². The summed E-state index contributed by atoms with van der Waals surface area (Å²) in [4.78, 5) is 38.2. The Hall–Kier alpha value is -3.15. The number of amides is 2. The van der Waals surface area contributed by atoms with Crippen LogP contribution in [0.3, 0.4) is 0 Å². The zero-order valence-corrected chi connectivity index (χ0v) is 16.5. The molecule has 6 nitrogen and oxygen atoms in total. The van der Waals surface area contributed by atoms with Gasteiger partial charge < -0.3 is 15.0 Å². The Bertz CT molecular complexity index is 831. The molecule has 2 amide bonds. The van der Waals surface area contributed by atoms with Crippen molar-refractivity contribution in [3.8, 4) is 0 Å². The molecule has 0 unspecified atom stereocenters. The molecule has 0 spiro atoms. The molecule has 0 saturated heterocycles. The minimum atomic E-state index is -0.561. The van der Waals surface area contributed by atoms with Gasteiger partial charge in [0, 0.05) is 12.2 Å². The molecule has 28 heavy (non-hydrogen) atoms. The van der Waals surface area contributed by atoms with Crippen molar-refractivity contribution in [2.45, 2.75) is 27.2 Å². The van der Waals surface area contributed by atoms with Crippen LogP contribution in [0.1, 0.15) is 34.8 Å². The fraction of sp³-hybridized carbons (Fsp3) is 0.318. The highest BCUT2D eigenvalue weighted by molar-refractivity contribution is 5.96. The summed E-state index contributed by atoms with van der Waals surface area (Å²) in [5.74, 6) is -1.25. The smallest absolute Gasteiger partial charge is 0.338 e. The number of nitrogens with one attached hydrogen (secondary N) is 1. The van der Waals surface area contributed by atoms with E-state index in [4.69, 9.17) is 4.74 Å². The van der Waals surface area contributed by atoms with E-state index in [0.29, 0.717) is 24.2 Å². The van der Waals surface area contributed by atoms with Gasteiger partial charge in [0.15, 0.2) is 6.61 Å². The summed E-state index contributed by atoms with van der Waals surface area (Å²) in [5.41, 5.74) is 3.07. The molecule has 0 bridgehead atoms. The minimum absolute atomic E-state index is 0.0942. The molecule has 2 rings (SSSR count). The first-order chi connectivity index (χ1) is 13.4. The van der Waals surface area contributed by atoms with Crippen molar-refractivity contribution in [1.29, 1.82) is 0 Å². The summed E-state index contributed by atoms with van der Waals surface area (Å²) in [6, 6.07) is 14.3. The number of nitrogens with zero attached hydrogens (tertiary/aromatic N) is 1. The molecule has 0 aromatic heterocycles. The zero-order valence-electron chi connectivity index (χ0n) is 16.5. The predicted molar refractivity (Wildman–Crippen MR) is 108 cm³/mol. The highest BCUT2D eigenvalue weighted by atomic mass is 16.5. The number of rotatable bonds is 8. The maximum atomic E-state index is 12.4. The van der Waals surface area contributed by atoms with E-state index in [2.05, 4.69) is 5.32 Å². The van der Waals surface area contributed by atoms with Crippen molar-refractivity contribution in [1.82, 2.24) is 4.90 Å². The number of hydrogen-bond donors (Lipinski definition) is 1. The third-order valence-corrected chi connectivity index (χ3v) is 4.21. The van der Waals surface area contributed by atoms with E-state index in [1.165, 1.54) is 4.90 Å². The van der Waals surface area contributed by atoms with Crippen LogP contribution >= 0.6 is 0 Å². The number of esters is 1. The Balaban J connectivity index is 1.91. The van der Waals surface area contributed by atoms with Gasteiger partial charge in [-0.25, -0.2) is 4.79 Å². The third-order valence-electron chi connectivity index (χ3n) is 4.21. The van der Waals surface area contributed by atoms with Gasteiger partial charge in [0.1, 0.15) is 0 Å². The number of benzene rings is 2. The summed E-state index contributed by atoms with van der Waals surface area (Å²) in [6.45, 7) is 5.64. The lowest BCUT2D eigenvalue weighted by Gasteiger charge is -2.21. The van der Waals surface area contributed by atoms with Crippen molar-refractivity contribution in [3.05, 3.63) is 65.2 Å². The minimum Gasteiger partial charge on any atom is -0.452 e. The first-order valence-corrected chi connectivity index (χ1v) is 9.27. The van der Waals surface area contributed by atoms with E-state index in [-0.39, 0.29) is 12.5 Å². The molecule has 1 N–H and O–H groups in total. The number of ether oxygens (including phenoxy) is 1.